The zero-order chi connectivity index (χ0) is 15.3. The second-order valence-corrected chi connectivity index (χ2v) is 6.83. The number of carbonyl (C=O) groups excluding carboxylic acids is 1. The van der Waals surface area contributed by atoms with Crippen molar-refractivity contribution in [3.8, 4) is 0 Å². The van der Waals surface area contributed by atoms with Crippen molar-refractivity contribution in [3.63, 3.8) is 0 Å². The zero-order valence-electron chi connectivity index (χ0n) is 13.9. The van der Waals surface area contributed by atoms with Crippen molar-refractivity contribution in [2.24, 2.45) is 5.73 Å². The van der Waals surface area contributed by atoms with Gasteiger partial charge in [-0.3, -0.25) is 9.69 Å². The summed E-state index contributed by atoms with van der Waals surface area (Å²) in [4.78, 5) is 14.3. The lowest BCUT2D eigenvalue weighted by molar-refractivity contribution is -0.124. The molecule has 0 aromatic carbocycles. The molecule has 118 valence electrons. The summed E-state index contributed by atoms with van der Waals surface area (Å²) in [7, 11) is 0. The standard InChI is InChI=1S/C16H33N3O/c1-6-14-9-8-13(4)19(14)11-7-10-16(5,15(17)20)18-12(2)3/h12-14,18H,6-11H2,1-5H3,(H2,17,20). The third-order valence-electron chi connectivity index (χ3n) is 4.67. The smallest absolute Gasteiger partial charge is 0.237 e. The van der Waals surface area contributed by atoms with E-state index < -0.39 is 5.54 Å². The van der Waals surface area contributed by atoms with E-state index in [1.807, 2.05) is 6.92 Å². The fourth-order valence-corrected chi connectivity index (χ4v) is 3.49. The molecule has 3 N–H and O–H groups in total. The van der Waals surface area contributed by atoms with Gasteiger partial charge < -0.3 is 11.1 Å². The summed E-state index contributed by atoms with van der Waals surface area (Å²) in [6.45, 7) is 11.7. The van der Waals surface area contributed by atoms with Crippen LogP contribution in [0.1, 0.15) is 66.7 Å². The molecule has 1 rings (SSSR count). The van der Waals surface area contributed by atoms with Gasteiger partial charge in [-0.1, -0.05) is 6.92 Å². The van der Waals surface area contributed by atoms with Crippen LogP contribution in [0, 0.1) is 0 Å². The van der Waals surface area contributed by atoms with Crippen molar-refractivity contribution in [3.05, 3.63) is 0 Å². The van der Waals surface area contributed by atoms with Gasteiger partial charge in [0.05, 0.1) is 5.54 Å². The van der Waals surface area contributed by atoms with Crippen LogP contribution in [-0.2, 0) is 4.79 Å². The second-order valence-electron chi connectivity index (χ2n) is 6.83. The second kappa shape index (κ2) is 7.41. The first kappa shape index (κ1) is 17.4. The molecule has 1 aliphatic rings. The monoisotopic (exact) mass is 283 g/mol. The summed E-state index contributed by atoms with van der Waals surface area (Å²) in [6.07, 6.45) is 5.66. The predicted molar refractivity (Wildman–Crippen MR) is 84.6 cm³/mol. The van der Waals surface area contributed by atoms with Crippen molar-refractivity contribution in [1.29, 1.82) is 0 Å². The van der Waals surface area contributed by atoms with E-state index in [0.29, 0.717) is 6.04 Å². The average Bonchev–Trinajstić information content (AvgIpc) is 2.69. The highest BCUT2D eigenvalue weighted by atomic mass is 16.1. The van der Waals surface area contributed by atoms with Gasteiger partial charge >= 0.3 is 0 Å². The first-order valence-electron chi connectivity index (χ1n) is 8.13. The minimum absolute atomic E-state index is 0.243. The Morgan fingerprint density at radius 3 is 2.60 bits per heavy atom. The van der Waals surface area contributed by atoms with Gasteiger partial charge in [-0.05, 0) is 66.3 Å². The van der Waals surface area contributed by atoms with Gasteiger partial charge in [-0.15, -0.1) is 0 Å². The summed E-state index contributed by atoms with van der Waals surface area (Å²) in [6, 6.07) is 1.67. The largest absolute Gasteiger partial charge is 0.368 e. The molecule has 1 saturated heterocycles. The van der Waals surface area contributed by atoms with Crippen molar-refractivity contribution in [2.45, 2.75) is 90.4 Å². The molecule has 1 heterocycles. The van der Waals surface area contributed by atoms with E-state index in [0.717, 1.165) is 25.4 Å². The Bertz CT molecular complexity index is 319. The Balaban J connectivity index is 2.50. The number of hydrogen-bond acceptors (Lipinski definition) is 3. The molecule has 20 heavy (non-hydrogen) atoms. The third kappa shape index (κ3) is 4.45. The Kier molecular flexibility index (Phi) is 6.46. The molecule has 0 bridgehead atoms. The molecule has 0 radical (unpaired) electrons. The molecule has 0 spiro atoms. The number of likely N-dealkylation sites (tertiary alicyclic amines) is 1. The summed E-state index contributed by atoms with van der Waals surface area (Å²) >= 11 is 0. The fraction of sp³-hybridized carbons (Fsp3) is 0.938. The van der Waals surface area contributed by atoms with Gasteiger partial charge in [0.25, 0.3) is 0 Å². The molecule has 0 aromatic rings. The minimum Gasteiger partial charge on any atom is -0.368 e. The van der Waals surface area contributed by atoms with Crippen LogP contribution in [0.25, 0.3) is 0 Å². The maximum atomic E-state index is 11.7. The van der Waals surface area contributed by atoms with Crippen LogP contribution in [0.5, 0.6) is 0 Å². The molecule has 3 unspecified atom stereocenters. The van der Waals surface area contributed by atoms with Gasteiger partial charge in [-0.25, -0.2) is 0 Å². The van der Waals surface area contributed by atoms with Crippen LogP contribution in [-0.4, -0.2) is 41.0 Å². The van der Waals surface area contributed by atoms with Crippen LogP contribution in [0.4, 0.5) is 0 Å². The number of hydrogen-bond donors (Lipinski definition) is 2. The van der Waals surface area contributed by atoms with E-state index >= 15 is 0 Å². The Morgan fingerprint density at radius 1 is 1.45 bits per heavy atom. The lowest BCUT2D eigenvalue weighted by atomic mass is 9.93. The minimum atomic E-state index is -0.584. The van der Waals surface area contributed by atoms with Gasteiger partial charge in [0.2, 0.25) is 5.91 Å². The van der Waals surface area contributed by atoms with Crippen LogP contribution >= 0.6 is 0 Å². The summed E-state index contributed by atoms with van der Waals surface area (Å²) in [5.74, 6) is -0.243. The maximum absolute atomic E-state index is 11.7. The van der Waals surface area contributed by atoms with Gasteiger partial charge in [0.1, 0.15) is 0 Å². The summed E-state index contributed by atoms with van der Waals surface area (Å²) < 4.78 is 0. The highest BCUT2D eigenvalue weighted by Gasteiger charge is 2.33. The van der Waals surface area contributed by atoms with Crippen molar-refractivity contribution < 1.29 is 4.79 Å². The lowest BCUT2D eigenvalue weighted by Crippen LogP contribution is -2.55. The quantitative estimate of drug-likeness (QED) is 0.718. The van der Waals surface area contributed by atoms with E-state index in [9.17, 15) is 4.79 Å². The highest BCUT2D eigenvalue weighted by Crippen LogP contribution is 2.26. The van der Waals surface area contributed by atoms with Crippen molar-refractivity contribution >= 4 is 5.91 Å². The predicted octanol–water partition coefficient (Wildman–Crippen LogP) is 2.27. The molecule has 1 amide bonds. The molecule has 3 atom stereocenters. The van der Waals surface area contributed by atoms with Crippen LogP contribution in [0.3, 0.4) is 0 Å². The van der Waals surface area contributed by atoms with E-state index in [1.165, 1.54) is 19.3 Å². The first-order valence-corrected chi connectivity index (χ1v) is 8.13. The lowest BCUT2D eigenvalue weighted by Gasteiger charge is -2.32. The molecule has 0 saturated carbocycles. The topological polar surface area (TPSA) is 58.4 Å². The number of nitrogens with two attached hydrogens (primary N) is 1. The SMILES string of the molecule is CCC1CCC(C)N1CCCC(C)(NC(C)C)C(N)=O. The molecule has 4 nitrogen and oxygen atoms in total. The van der Waals surface area contributed by atoms with Crippen LogP contribution < -0.4 is 11.1 Å². The van der Waals surface area contributed by atoms with Gasteiger partial charge in [0.15, 0.2) is 0 Å². The molecule has 0 aromatic heterocycles. The molecular formula is C16H33N3O. The number of amides is 1. The molecule has 1 fully saturated rings. The number of carbonyl (C=O) groups is 1. The number of rotatable bonds is 8. The molecule has 1 aliphatic heterocycles. The van der Waals surface area contributed by atoms with Crippen molar-refractivity contribution in [1.82, 2.24) is 10.2 Å². The van der Waals surface area contributed by atoms with Crippen molar-refractivity contribution in [2.75, 3.05) is 6.54 Å². The molecular weight excluding hydrogens is 250 g/mol. The molecule has 0 aliphatic carbocycles. The van der Waals surface area contributed by atoms with E-state index in [2.05, 4.69) is 37.9 Å². The van der Waals surface area contributed by atoms with E-state index in [-0.39, 0.29) is 11.9 Å². The summed E-state index contributed by atoms with van der Waals surface area (Å²) in [5.41, 5.74) is 4.99. The maximum Gasteiger partial charge on any atom is 0.237 e. The highest BCUT2D eigenvalue weighted by molar-refractivity contribution is 5.84. The van der Waals surface area contributed by atoms with Gasteiger partial charge in [-0.2, -0.15) is 0 Å². The van der Waals surface area contributed by atoms with Crippen LogP contribution in [0.2, 0.25) is 0 Å². The normalized spacial score (nSPS) is 26.9. The number of nitrogens with zero attached hydrogens (tertiary/aromatic N) is 1. The number of nitrogens with one attached hydrogen (secondary N) is 1. The fourth-order valence-electron chi connectivity index (χ4n) is 3.49. The van der Waals surface area contributed by atoms with E-state index in [1.54, 1.807) is 0 Å². The molecule has 4 heteroatoms. The first-order chi connectivity index (χ1) is 9.30. The Hall–Kier alpha value is -0.610. The van der Waals surface area contributed by atoms with Gasteiger partial charge in [0, 0.05) is 18.1 Å². The third-order valence-corrected chi connectivity index (χ3v) is 4.67. The Morgan fingerprint density at radius 2 is 2.10 bits per heavy atom. The zero-order valence-corrected chi connectivity index (χ0v) is 13.9. The average molecular weight is 283 g/mol. The number of primary amides is 1. The van der Waals surface area contributed by atoms with Crippen LogP contribution in [0.15, 0.2) is 0 Å². The van der Waals surface area contributed by atoms with E-state index in [4.69, 9.17) is 5.73 Å². The summed E-state index contributed by atoms with van der Waals surface area (Å²) in [5, 5.41) is 3.32. The Labute approximate surface area is 124 Å².